The third-order valence-corrected chi connectivity index (χ3v) is 7.89. The maximum Gasteiger partial charge on any atom is 0.331 e. The van der Waals surface area contributed by atoms with Gasteiger partial charge in [-0.05, 0) is 48.4 Å². The Hall–Kier alpha value is -3.99. The molecule has 0 bridgehead atoms. The van der Waals surface area contributed by atoms with Gasteiger partial charge in [0, 0.05) is 23.3 Å². The van der Waals surface area contributed by atoms with Gasteiger partial charge in [-0.25, -0.2) is 18.0 Å². The zero-order valence-electron chi connectivity index (χ0n) is 20.2. The number of benzene rings is 2. The maximum atomic E-state index is 15.4. The smallest absolute Gasteiger partial charge is 0.331 e. The SMILES string of the molecule is COc1cccc(-c2c(C)c(Cc3c(F)cccc3F)c3n(c2=O)C(C(=O)OC2(C(N)=O)C=C2)CS3)c1F. The van der Waals surface area contributed by atoms with E-state index in [4.69, 9.17) is 15.2 Å². The van der Waals surface area contributed by atoms with Crippen LogP contribution in [0.4, 0.5) is 13.2 Å². The quantitative estimate of drug-likeness (QED) is 0.360. The standard InChI is InChI=1S/C27H21F3N2O5S/c1-13-15(11-16-17(28)6-4-7-18(16)29)24-32(19(12-38-24)25(34)37-27(9-10-27)26(31)35)23(33)21(13)14-5-3-8-20(36-2)22(14)30/h3-10,19H,11-12H2,1-2H3,(H2,31,35). The maximum absolute atomic E-state index is 15.4. The summed E-state index contributed by atoms with van der Waals surface area (Å²) < 4.78 is 56.2. The fourth-order valence-electron chi connectivity index (χ4n) is 4.53. The number of ether oxygens (including phenoxy) is 2. The van der Waals surface area contributed by atoms with Crippen LogP contribution in [0.3, 0.4) is 0 Å². The summed E-state index contributed by atoms with van der Waals surface area (Å²) in [6.07, 6.45) is 2.37. The topological polar surface area (TPSA) is 101 Å². The van der Waals surface area contributed by atoms with E-state index in [-0.39, 0.29) is 34.6 Å². The summed E-state index contributed by atoms with van der Waals surface area (Å²) in [5.41, 5.74) is 3.19. The average molecular weight is 543 g/mol. The third kappa shape index (κ3) is 4.07. The van der Waals surface area contributed by atoms with E-state index in [9.17, 15) is 23.2 Å². The zero-order valence-corrected chi connectivity index (χ0v) is 21.0. The van der Waals surface area contributed by atoms with Crippen LogP contribution in [0.15, 0.2) is 58.4 Å². The van der Waals surface area contributed by atoms with Crippen LogP contribution in [0.2, 0.25) is 0 Å². The molecule has 0 fully saturated rings. The highest BCUT2D eigenvalue weighted by atomic mass is 32.2. The van der Waals surface area contributed by atoms with Crippen LogP contribution in [0.5, 0.6) is 5.75 Å². The minimum Gasteiger partial charge on any atom is -0.494 e. The molecule has 3 aromatic rings. The van der Waals surface area contributed by atoms with Gasteiger partial charge >= 0.3 is 5.97 Å². The predicted octanol–water partition coefficient (Wildman–Crippen LogP) is 3.82. The molecule has 11 heteroatoms. The van der Waals surface area contributed by atoms with Gasteiger partial charge in [0.15, 0.2) is 11.6 Å². The van der Waals surface area contributed by atoms with Crippen molar-refractivity contribution >= 4 is 23.6 Å². The molecule has 2 aliphatic rings. The lowest BCUT2D eigenvalue weighted by Gasteiger charge is -2.22. The molecule has 1 amide bonds. The summed E-state index contributed by atoms with van der Waals surface area (Å²) in [5, 5.41) is 0.293. The molecule has 0 saturated carbocycles. The fraction of sp³-hybridized carbons (Fsp3) is 0.222. The van der Waals surface area contributed by atoms with E-state index in [0.717, 1.165) is 28.5 Å². The highest BCUT2D eigenvalue weighted by molar-refractivity contribution is 7.99. The normalized spacial score (nSPS) is 16.7. The zero-order chi connectivity index (χ0) is 27.4. The molecular formula is C27H21F3N2O5S. The number of fused-ring (bicyclic) bond motifs is 1. The van der Waals surface area contributed by atoms with Gasteiger partial charge in [-0.1, -0.05) is 18.2 Å². The van der Waals surface area contributed by atoms with E-state index in [2.05, 4.69) is 0 Å². The number of thioether (sulfide) groups is 1. The number of carbonyl (C=O) groups is 2. The number of nitrogens with zero attached hydrogens (tertiary/aromatic N) is 1. The van der Waals surface area contributed by atoms with Crippen LogP contribution in [0, 0.1) is 24.4 Å². The van der Waals surface area contributed by atoms with Crippen LogP contribution in [-0.4, -0.2) is 34.9 Å². The van der Waals surface area contributed by atoms with Crippen LogP contribution in [0.1, 0.15) is 22.7 Å². The minimum atomic E-state index is -1.65. The summed E-state index contributed by atoms with van der Waals surface area (Å²) in [5.74, 6) is -4.23. The van der Waals surface area contributed by atoms with Crippen molar-refractivity contribution in [3.63, 3.8) is 0 Å². The lowest BCUT2D eigenvalue weighted by atomic mass is 9.94. The van der Waals surface area contributed by atoms with Crippen LogP contribution >= 0.6 is 11.8 Å². The molecule has 38 heavy (non-hydrogen) atoms. The predicted molar refractivity (Wildman–Crippen MR) is 133 cm³/mol. The number of esters is 1. The Balaban J connectivity index is 1.72. The molecule has 0 radical (unpaired) electrons. The lowest BCUT2D eigenvalue weighted by molar-refractivity contribution is -0.158. The minimum absolute atomic E-state index is 0.0408. The third-order valence-electron chi connectivity index (χ3n) is 6.69. The number of pyridine rings is 1. The van der Waals surface area contributed by atoms with Crippen molar-refractivity contribution in [2.75, 3.05) is 12.9 Å². The molecule has 1 aliphatic heterocycles. The lowest BCUT2D eigenvalue weighted by Crippen LogP contribution is -2.40. The molecule has 1 atom stereocenters. The first kappa shape index (κ1) is 25.7. The number of primary amides is 1. The van der Waals surface area contributed by atoms with Gasteiger partial charge in [-0.2, -0.15) is 0 Å². The fourth-order valence-corrected chi connectivity index (χ4v) is 5.88. The van der Waals surface area contributed by atoms with Crippen molar-refractivity contribution in [2.45, 2.75) is 30.0 Å². The summed E-state index contributed by atoms with van der Waals surface area (Å²) in [6, 6.07) is 6.54. The molecule has 2 N–H and O–H groups in total. The second kappa shape index (κ2) is 9.39. The van der Waals surface area contributed by atoms with E-state index in [1.165, 1.54) is 43.5 Å². The second-order valence-corrected chi connectivity index (χ2v) is 9.90. The van der Waals surface area contributed by atoms with Gasteiger partial charge in [0.2, 0.25) is 5.60 Å². The molecule has 2 aromatic carbocycles. The molecule has 196 valence electrons. The Morgan fingerprint density at radius 2 is 1.76 bits per heavy atom. The monoisotopic (exact) mass is 542 g/mol. The van der Waals surface area contributed by atoms with Crippen molar-refractivity contribution in [3.05, 3.63) is 93.0 Å². The number of hydrogen-bond acceptors (Lipinski definition) is 6. The van der Waals surface area contributed by atoms with Gasteiger partial charge in [0.05, 0.1) is 17.7 Å². The van der Waals surface area contributed by atoms with Gasteiger partial charge in [-0.15, -0.1) is 11.8 Å². The van der Waals surface area contributed by atoms with Crippen LogP contribution in [-0.2, 0) is 20.7 Å². The van der Waals surface area contributed by atoms with Crippen molar-refractivity contribution in [1.82, 2.24) is 4.57 Å². The average Bonchev–Trinajstić information content (AvgIpc) is 3.53. The Morgan fingerprint density at radius 1 is 1.11 bits per heavy atom. The molecular weight excluding hydrogens is 521 g/mol. The second-order valence-electron chi connectivity index (χ2n) is 8.90. The number of hydrogen-bond donors (Lipinski definition) is 1. The van der Waals surface area contributed by atoms with E-state index in [1.807, 2.05) is 0 Å². The number of rotatable bonds is 7. The molecule has 1 aliphatic carbocycles. The van der Waals surface area contributed by atoms with Gasteiger partial charge < -0.3 is 15.2 Å². The van der Waals surface area contributed by atoms with E-state index < -0.39 is 46.5 Å². The van der Waals surface area contributed by atoms with E-state index >= 15 is 4.39 Å². The molecule has 5 rings (SSSR count). The Kier molecular flexibility index (Phi) is 6.34. The Bertz CT molecular complexity index is 1570. The van der Waals surface area contributed by atoms with Crippen LogP contribution in [0.25, 0.3) is 11.1 Å². The molecule has 1 aromatic heterocycles. The highest BCUT2D eigenvalue weighted by Gasteiger charge is 2.47. The molecule has 0 spiro atoms. The van der Waals surface area contributed by atoms with Gasteiger partial charge in [-0.3, -0.25) is 14.2 Å². The summed E-state index contributed by atoms with van der Waals surface area (Å²) >= 11 is 1.12. The highest BCUT2D eigenvalue weighted by Crippen LogP contribution is 2.42. The molecule has 1 unspecified atom stereocenters. The van der Waals surface area contributed by atoms with E-state index in [1.54, 1.807) is 6.92 Å². The number of amides is 1. The summed E-state index contributed by atoms with van der Waals surface area (Å²) in [7, 11) is 1.28. The van der Waals surface area contributed by atoms with Gasteiger partial charge in [0.25, 0.3) is 11.5 Å². The Labute approximate surface area is 219 Å². The van der Waals surface area contributed by atoms with Crippen molar-refractivity contribution in [2.24, 2.45) is 5.73 Å². The number of aromatic nitrogens is 1. The summed E-state index contributed by atoms with van der Waals surface area (Å²) in [6.45, 7) is 1.56. The van der Waals surface area contributed by atoms with Crippen molar-refractivity contribution in [1.29, 1.82) is 0 Å². The van der Waals surface area contributed by atoms with E-state index in [0.29, 0.717) is 16.2 Å². The number of methoxy groups -OCH3 is 1. The first-order valence-electron chi connectivity index (χ1n) is 11.5. The number of halogens is 3. The van der Waals surface area contributed by atoms with Gasteiger partial charge in [0.1, 0.15) is 17.7 Å². The first-order valence-corrected chi connectivity index (χ1v) is 12.5. The molecule has 0 saturated heterocycles. The number of carbonyl (C=O) groups excluding carboxylic acids is 2. The van der Waals surface area contributed by atoms with Crippen molar-refractivity contribution < 1.29 is 32.2 Å². The molecule has 7 nitrogen and oxygen atoms in total. The Morgan fingerprint density at radius 3 is 2.37 bits per heavy atom. The molecule has 2 heterocycles. The first-order chi connectivity index (χ1) is 18.1. The largest absolute Gasteiger partial charge is 0.494 e. The van der Waals surface area contributed by atoms with Crippen molar-refractivity contribution in [3.8, 4) is 16.9 Å². The summed E-state index contributed by atoms with van der Waals surface area (Å²) in [4.78, 5) is 38.8. The number of nitrogens with two attached hydrogens (primary N) is 1. The van der Waals surface area contributed by atoms with Crippen LogP contribution < -0.4 is 16.0 Å².